The molecular weight excluding hydrogens is 625 g/mol. The Kier molecular flexibility index (Phi) is 6.48. The van der Waals surface area contributed by atoms with Crippen LogP contribution in [0, 0.1) is 0 Å². The molecule has 0 saturated heterocycles. The van der Waals surface area contributed by atoms with Crippen molar-refractivity contribution in [2.75, 3.05) is 0 Å². The van der Waals surface area contributed by atoms with Gasteiger partial charge in [0.15, 0.2) is 0 Å². The summed E-state index contributed by atoms with van der Waals surface area (Å²) < 4.78 is 0. The van der Waals surface area contributed by atoms with Crippen molar-refractivity contribution < 1.29 is 0 Å². The van der Waals surface area contributed by atoms with Gasteiger partial charge in [0.25, 0.3) is 0 Å². The molecule has 2 aliphatic rings. The predicted molar refractivity (Wildman–Crippen MR) is 223 cm³/mol. The molecule has 0 fully saturated rings. The van der Waals surface area contributed by atoms with Crippen molar-refractivity contribution in [3.63, 3.8) is 0 Å². The smallest absolute Gasteiger partial charge is 0.0137 e. The second kappa shape index (κ2) is 11.5. The minimum absolute atomic E-state index is 0.411. The fraction of sp³-hybridized carbons (Fsp3) is 0.0385. The molecule has 52 heavy (non-hydrogen) atoms. The van der Waals surface area contributed by atoms with Crippen LogP contribution in [-0.2, 0) is 0 Å². The highest BCUT2D eigenvalue weighted by atomic mass is 14.3. The van der Waals surface area contributed by atoms with Gasteiger partial charge in [-0.25, -0.2) is 0 Å². The van der Waals surface area contributed by atoms with Crippen LogP contribution in [0.2, 0.25) is 0 Å². The summed E-state index contributed by atoms with van der Waals surface area (Å²) in [5.74, 6) is 0.411. The first-order valence-electron chi connectivity index (χ1n) is 18.4. The van der Waals surface area contributed by atoms with Crippen LogP contribution in [0.15, 0.2) is 188 Å². The third kappa shape index (κ3) is 4.54. The second-order valence-electron chi connectivity index (χ2n) is 14.4. The van der Waals surface area contributed by atoms with Gasteiger partial charge in [-0.1, -0.05) is 170 Å². The van der Waals surface area contributed by atoms with Gasteiger partial charge in [0.05, 0.1) is 0 Å². The lowest BCUT2D eigenvalue weighted by atomic mass is 9.71. The van der Waals surface area contributed by atoms with Gasteiger partial charge in [0.2, 0.25) is 0 Å². The summed E-state index contributed by atoms with van der Waals surface area (Å²) >= 11 is 0. The quantitative estimate of drug-likeness (QED) is 0.166. The van der Waals surface area contributed by atoms with E-state index in [9.17, 15) is 0 Å². The van der Waals surface area contributed by atoms with E-state index in [0.29, 0.717) is 5.92 Å². The summed E-state index contributed by atoms with van der Waals surface area (Å²) in [5.41, 5.74) is 14.5. The molecule has 11 rings (SSSR count). The highest BCUT2D eigenvalue weighted by molar-refractivity contribution is 6.25. The van der Waals surface area contributed by atoms with Crippen molar-refractivity contribution in [2.24, 2.45) is 0 Å². The minimum Gasteiger partial charge on any atom is -0.0757 e. The molecule has 0 amide bonds. The van der Waals surface area contributed by atoms with E-state index >= 15 is 0 Å². The standard InChI is InChI=1S/C52H34/c1-3-13-45-41(9-1)43-11-5-7-15-47(43)51-31-39(25-27-49(45)51)34-19-17-33(18-20-34)35-21-22-37-30-38(24-23-36(37)29-35)40-26-28-50-46-14-4-2-10-42(46)44-12-6-8-16-48(44)52(50)32-40/h1-26,28-32,49H,27H2. The average molecular weight is 659 g/mol. The third-order valence-corrected chi connectivity index (χ3v) is 11.6. The van der Waals surface area contributed by atoms with E-state index in [0.717, 1.165) is 6.42 Å². The molecule has 9 aromatic rings. The lowest BCUT2D eigenvalue weighted by Gasteiger charge is -2.32. The van der Waals surface area contributed by atoms with E-state index in [1.807, 2.05) is 0 Å². The van der Waals surface area contributed by atoms with E-state index in [4.69, 9.17) is 0 Å². The van der Waals surface area contributed by atoms with Gasteiger partial charge >= 0.3 is 0 Å². The zero-order chi connectivity index (χ0) is 34.2. The predicted octanol–water partition coefficient (Wildman–Crippen LogP) is 14.3. The summed E-state index contributed by atoms with van der Waals surface area (Å²) in [6.45, 7) is 0. The Morgan fingerprint density at radius 3 is 1.52 bits per heavy atom. The number of allylic oxidation sites excluding steroid dienone is 4. The van der Waals surface area contributed by atoms with Crippen LogP contribution in [0.5, 0.6) is 0 Å². The molecule has 1 atom stereocenters. The number of hydrogen-bond acceptors (Lipinski definition) is 0. The average Bonchev–Trinajstić information content (AvgIpc) is 3.23. The molecule has 9 aromatic carbocycles. The molecule has 0 N–H and O–H groups in total. The molecule has 1 unspecified atom stereocenters. The van der Waals surface area contributed by atoms with Crippen LogP contribution in [-0.4, -0.2) is 0 Å². The van der Waals surface area contributed by atoms with E-state index in [2.05, 4.69) is 188 Å². The highest BCUT2D eigenvalue weighted by Gasteiger charge is 2.30. The van der Waals surface area contributed by atoms with Crippen molar-refractivity contribution >= 4 is 54.2 Å². The topological polar surface area (TPSA) is 0 Å². The Labute approximate surface area is 303 Å². The molecule has 0 spiro atoms. The Hall–Kier alpha value is -6.50. The highest BCUT2D eigenvalue weighted by Crippen LogP contribution is 2.51. The van der Waals surface area contributed by atoms with Gasteiger partial charge in [-0.2, -0.15) is 0 Å². The van der Waals surface area contributed by atoms with Gasteiger partial charge in [-0.05, 0) is 129 Å². The summed E-state index contributed by atoms with van der Waals surface area (Å²) in [7, 11) is 0. The molecule has 0 heterocycles. The summed E-state index contributed by atoms with van der Waals surface area (Å²) in [5, 5.41) is 10.4. The van der Waals surface area contributed by atoms with Gasteiger partial charge in [0, 0.05) is 5.92 Å². The molecule has 242 valence electrons. The van der Waals surface area contributed by atoms with E-state index < -0.39 is 0 Å². The van der Waals surface area contributed by atoms with Crippen LogP contribution < -0.4 is 0 Å². The normalized spacial score (nSPS) is 14.9. The maximum Gasteiger partial charge on any atom is 0.0137 e. The molecular formula is C52H34. The Morgan fingerprint density at radius 2 is 0.827 bits per heavy atom. The van der Waals surface area contributed by atoms with Crippen LogP contribution >= 0.6 is 0 Å². The van der Waals surface area contributed by atoms with Crippen LogP contribution in [0.4, 0.5) is 0 Å². The molecule has 0 bridgehead atoms. The first kappa shape index (κ1) is 29.3. The Balaban J connectivity index is 0.903. The van der Waals surface area contributed by atoms with E-state index in [-0.39, 0.29) is 0 Å². The van der Waals surface area contributed by atoms with Crippen molar-refractivity contribution in [1.82, 2.24) is 0 Å². The zero-order valence-corrected chi connectivity index (χ0v) is 28.7. The molecule has 0 aromatic heterocycles. The van der Waals surface area contributed by atoms with Gasteiger partial charge < -0.3 is 0 Å². The third-order valence-electron chi connectivity index (χ3n) is 11.6. The number of fused-ring (bicyclic) bond motifs is 13. The van der Waals surface area contributed by atoms with Crippen LogP contribution in [0.25, 0.3) is 87.6 Å². The largest absolute Gasteiger partial charge is 0.0757 e. The minimum atomic E-state index is 0.411. The molecule has 2 aliphatic carbocycles. The molecule has 0 radical (unpaired) electrons. The summed E-state index contributed by atoms with van der Waals surface area (Å²) in [6.07, 6.45) is 5.89. The first-order chi connectivity index (χ1) is 25.8. The SMILES string of the molecule is C1=C(c2ccc(-c3ccc4cc(-c5ccc6c7ccccc7c7ccccc7c6c5)ccc4c3)cc2)C=C2c3ccccc3-c3ccccc3C2C1. The monoisotopic (exact) mass is 658 g/mol. The zero-order valence-electron chi connectivity index (χ0n) is 28.7. The van der Waals surface area contributed by atoms with Gasteiger partial charge in [-0.3, -0.25) is 0 Å². The van der Waals surface area contributed by atoms with Crippen molar-refractivity contribution in [1.29, 1.82) is 0 Å². The molecule has 0 aliphatic heterocycles. The van der Waals surface area contributed by atoms with Crippen LogP contribution in [0.1, 0.15) is 29.0 Å². The van der Waals surface area contributed by atoms with E-state index in [1.165, 1.54) is 104 Å². The molecule has 0 nitrogen and oxygen atoms in total. The van der Waals surface area contributed by atoms with Crippen molar-refractivity contribution in [3.05, 3.63) is 205 Å². The van der Waals surface area contributed by atoms with Crippen LogP contribution in [0.3, 0.4) is 0 Å². The maximum atomic E-state index is 2.44. The number of hydrogen-bond donors (Lipinski definition) is 0. The fourth-order valence-corrected chi connectivity index (χ4v) is 9.02. The summed E-state index contributed by atoms with van der Waals surface area (Å²) in [6, 6.07) is 65.3. The van der Waals surface area contributed by atoms with Crippen molar-refractivity contribution in [2.45, 2.75) is 12.3 Å². The Bertz CT molecular complexity index is 2940. The Morgan fingerprint density at radius 1 is 0.346 bits per heavy atom. The lowest BCUT2D eigenvalue weighted by molar-refractivity contribution is 0.871. The summed E-state index contributed by atoms with van der Waals surface area (Å²) in [4.78, 5) is 0. The maximum absolute atomic E-state index is 2.44. The molecule has 0 heteroatoms. The van der Waals surface area contributed by atoms with Gasteiger partial charge in [0.1, 0.15) is 0 Å². The number of rotatable bonds is 3. The number of benzene rings is 9. The van der Waals surface area contributed by atoms with Crippen molar-refractivity contribution in [3.8, 4) is 33.4 Å². The molecule has 0 saturated carbocycles. The van der Waals surface area contributed by atoms with E-state index in [1.54, 1.807) is 0 Å². The first-order valence-corrected chi connectivity index (χ1v) is 18.4. The fourth-order valence-electron chi connectivity index (χ4n) is 9.02. The second-order valence-corrected chi connectivity index (χ2v) is 14.4. The van der Waals surface area contributed by atoms with Gasteiger partial charge in [-0.15, -0.1) is 0 Å². The lowest BCUT2D eigenvalue weighted by Crippen LogP contribution is -2.12.